The van der Waals surface area contributed by atoms with Crippen LogP contribution in [0, 0.1) is 6.92 Å². The number of carbonyl (C=O) groups excluding carboxylic acids is 2. The largest absolute Gasteiger partial charge is 0.321 e. The van der Waals surface area contributed by atoms with Gasteiger partial charge in [0.15, 0.2) is 0 Å². The molecule has 184 valence electrons. The number of amides is 2. The first-order valence-corrected chi connectivity index (χ1v) is 10.4. The summed E-state index contributed by atoms with van der Waals surface area (Å²) < 4.78 is 56.5. The zero-order valence-electron chi connectivity index (χ0n) is 18.5. The molecule has 2 N–H and O–H groups in total. The molecular formula is C19H21ClF4N8O2. The average Bonchev–Trinajstić information content (AvgIpc) is 3.44. The van der Waals surface area contributed by atoms with Crippen molar-refractivity contribution in [3.63, 3.8) is 0 Å². The van der Waals surface area contributed by atoms with E-state index in [2.05, 4.69) is 25.9 Å². The van der Waals surface area contributed by atoms with E-state index < -0.39 is 47.1 Å². The minimum absolute atomic E-state index is 0.00727. The summed E-state index contributed by atoms with van der Waals surface area (Å²) in [6, 6.07) is -1.46. The summed E-state index contributed by atoms with van der Waals surface area (Å²) in [5.74, 6) is -1.50. The third-order valence-corrected chi connectivity index (χ3v) is 5.55. The summed E-state index contributed by atoms with van der Waals surface area (Å²) in [7, 11) is 1.70. The molecular weight excluding hydrogens is 484 g/mol. The van der Waals surface area contributed by atoms with E-state index in [1.807, 2.05) is 0 Å². The van der Waals surface area contributed by atoms with Crippen molar-refractivity contribution in [2.45, 2.75) is 46.2 Å². The van der Waals surface area contributed by atoms with Gasteiger partial charge in [0.2, 0.25) is 5.91 Å². The van der Waals surface area contributed by atoms with Crippen molar-refractivity contribution < 1.29 is 27.2 Å². The fraction of sp³-hybridized carbons (Fsp3) is 0.421. The molecule has 34 heavy (non-hydrogen) atoms. The molecule has 3 aromatic heterocycles. The van der Waals surface area contributed by atoms with Crippen LogP contribution in [0.2, 0.25) is 5.02 Å². The van der Waals surface area contributed by atoms with Crippen LogP contribution < -0.4 is 10.6 Å². The number of halogens is 5. The lowest BCUT2D eigenvalue weighted by Gasteiger charge is -2.16. The van der Waals surface area contributed by atoms with Crippen molar-refractivity contribution in [1.82, 2.24) is 29.3 Å². The molecule has 2 amide bonds. The van der Waals surface area contributed by atoms with E-state index >= 15 is 0 Å². The van der Waals surface area contributed by atoms with Gasteiger partial charge in [-0.1, -0.05) is 11.6 Å². The molecule has 0 aliphatic carbocycles. The van der Waals surface area contributed by atoms with E-state index in [1.54, 1.807) is 25.6 Å². The lowest BCUT2D eigenvalue weighted by atomic mass is 10.2. The number of hydrogen-bond acceptors (Lipinski definition) is 5. The summed E-state index contributed by atoms with van der Waals surface area (Å²) >= 11 is 5.66. The SMILES string of the molecule is CCn1ncc(NC(=O)C(C)n2nc(C(F)F)c(Cl)c2C(F)F)c1C(=O)Nc1cnn(C)c1C. The van der Waals surface area contributed by atoms with Gasteiger partial charge < -0.3 is 10.6 Å². The maximum atomic E-state index is 13.5. The second kappa shape index (κ2) is 9.83. The number of alkyl halides is 4. The smallest absolute Gasteiger partial charge is 0.283 e. The van der Waals surface area contributed by atoms with Gasteiger partial charge in [-0.15, -0.1) is 0 Å². The normalized spacial score (nSPS) is 12.4. The number of rotatable bonds is 8. The maximum Gasteiger partial charge on any atom is 0.283 e. The van der Waals surface area contributed by atoms with Gasteiger partial charge in [0.25, 0.3) is 18.8 Å². The highest BCUT2D eigenvalue weighted by Crippen LogP contribution is 2.36. The van der Waals surface area contributed by atoms with Crippen LogP contribution >= 0.6 is 11.6 Å². The van der Waals surface area contributed by atoms with Gasteiger partial charge in [0, 0.05) is 13.6 Å². The number of carbonyl (C=O) groups is 2. The lowest BCUT2D eigenvalue weighted by Crippen LogP contribution is -2.27. The summed E-state index contributed by atoms with van der Waals surface area (Å²) in [5, 5.41) is 15.7. The van der Waals surface area contributed by atoms with E-state index in [4.69, 9.17) is 11.6 Å². The molecule has 0 radical (unpaired) electrons. The number of aromatic nitrogens is 6. The van der Waals surface area contributed by atoms with Crippen LogP contribution in [0.15, 0.2) is 12.4 Å². The summed E-state index contributed by atoms with van der Waals surface area (Å²) in [4.78, 5) is 25.8. The van der Waals surface area contributed by atoms with Crippen LogP contribution in [-0.2, 0) is 18.4 Å². The molecule has 3 aromatic rings. The van der Waals surface area contributed by atoms with Crippen molar-refractivity contribution in [3.8, 4) is 0 Å². The van der Waals surface area contributed by atoms with Crippen LogP contribution in [0.3, 0.4) is 0 Å². The number of nitrogens with zero attached hydrogens (tertiary/aromatic N) is 6. The van der Waals surface area contributed by atoms with E-state index in [-0.39, 0.29) is 17.9 Å². The Balaban J connectivity index is 1.90. The first-order valence-electron chi connectivity index (χ1n) is 9.98. The lowest BCUT2D eigenvalue weighted by molar-refractivity contribution is -0.119. The second-order valence-electron chi connectivity index (χ2n) is 7.24. The Labute approximate surface area is 195 Å². The third-order valence-electron chi connectivity index (χ3n) is 5.17. The molecule has 0 spiro atoms. The fourth-order valence-electron chi connectivity index (χ4n) is 3.18. The van der Waals surface area contributed by atoms with Crippen LogP contribution in [0.4, 0.5) is 28.9 Å². The Morgan fingerprint density at radius 3 is 2.26 bits per heavy atom. The van der Waals surface area contributed by atoms with Gasteiger partial charge in [-0.2, -0.15) is 15.3 Å². The number of aryl methyl sites for hydroxylation is 2. The molecule has 10 nitrogen and oxygen atoms in total. The zero-order valence-corrected chi connectivity index (χ0v) is 19.2. The molecule has 0 saturated carbocycles. The van der Waals surface area contributed by atoms with Gasteiger partial charge in [0.1, 0.15) is 23.1 Å². The average molecular weight is 505 g/mol. The number of anilines is 2. The Kier molecular flexibility index (Phi) is 7.29. The van der Waals surface area contributed by atoms with Crippen LogP contribution in [-0.4, -0.2) is 41.2 Å². The van der Waals surface area contributed by atoms with Crippen molar-refractivity contribution in [1.29, 1.82) is 0 Å². The maximum absolute atomic E-state index is 13.5. The first-order chi connectivity index (χ1) is 16.0. The Morgan fingerprint density at radius 1 is 1.09 bits per heavy atom. The monoisotopic (exact) mass is 504 g/mol. The Hall–Kier alpha value is -3.42. The molecule has 0 fully saturated rings. The predicted molar refractivity (Wildman–Crippen MR) is 114 cm³/mol. The molecule has 3 rings (SSSR count). The quantitative estimate of drug-likeness (QED) is 0.448. The van der Waals surface area contributed by atoms with Gasteiger partial charge in [0.05, 0.1) is 34.5 Å². The van der Waals surface area contributed by atoms with Crippen molar-refractivity contribution in [3.05, 3.63) is 40.2 Å². The van der Waals surface area contributed by atoms with E-state index in [0.717, 1.165) is 0 Å². The molecule has 15 heteroatoms. The van der Waals surface area contributed by atoms with Crippen molar-refractivity contribution in [2.24, 2.45) is 7.05 Å². The topological polar surface area (TPSA) is 112 Å². The molecule has 0 aromatic carbocycles. The predicted octanol–water partition coefficient (Wildman–Crippen LogP) is 4.12. The second-order valence-corrected chi connectivity index (χ2v) is 7.62. The molecule has 1 atom stereocenters. The molecule has 0 bridgehead atoms. The molecule has 0 aliphatic rings. The van der Waals surface area contributed by atoms with Gasteiger partial charge >= 0.3 is 0 Å². The standard InChI is InChI=1S/C19H21ClF4N8O2/c1-5-31-14(19(34)27-10-6-25-30(4)8(10)2)11(7-26-31)28-18(33)9(3)32-15(17(23)24)12(20)13(29-32)16(21)22/h6-7,9,16-17H,5H2,1-4H3,(H,27,34)(H,28,33). The Bertz CT molecular complexity index is 1220. The Morgan fingerprint density at radius 2 is 1.74 bits per heavy atom. The summed E-state index contributed by atoms with van der Waals surface area (Å²) in [6.45, 7) is 4.93. The molecule has 3 heterocycles. The van der Waals surface area contributed by atoms with E-state index in [9.17, 15) is 27.2 Å². The highest BCUT2D eigenvalue weighted by molar-refractivity contribution is 6.32. The highest BCUT2D eigenvalue weighted by Gasteiger charge is 2.32. The van der Waals surface area contributed by atoms with Crippen LogP contribution in [0.25, 0.3) is 0 Å². The van der Waals surface area contributed by atoms with Crippen molar-refractivity contribution in [2.75, 3.05) is 10.6 Å². The molecule has 0 saturated heterocycles. The van der Waals surface area contributed by atoms with E-state index in [1.165, 1.54) is 24.0 Å². The van der Waals surface area contributed by atoms with E-state index in [0.29, 0.717) is 16.1 Å². The van der Waals surface area contributed by atoms with Gasteiger partial charge in [-0.3, -0.25) is 19.0 Å². The number of hydrogen-bond donors (Lipinski definition) is 2. The first kappa shape index (κ1) is 25.2. The van der Waals surface area contributed by atoms with Gasteiger partial charge in [-0.25, -0.2) is 22.2 Å². The fourth-order valence-corrected chi connectivity index (χ4v) is 3.47. The minimum Gasteiger partial charge on any atom is -0.321 e. The third kappa shape index (κ3) is 4.62. The highest BCUT2D eigenvalue weighted by atomic mass is 35.5. The minimum atomic E-state index is -3.25. The number of nitrogens with one attached hydrogen (secondary N) is 2. The summed E-state index contributed by atoms with van der Waals surface area (Å²) in [6.07, 6.45) is -3.80. The van der Waals surface area contributed by atoms with Crippen molar-refractivity contribution >= 4 is 34.8 Å². The zero-order chi connectivity index (χ0) is 25.3. The van der Waals surface area contributed by atoms with Gasteiger partial charge in [-0.05, 0) is 20.8 Å². The van der Waals surface area contributed by atoms with Crippen LogP contribution in [0.5, 0.6) is 0 Å². The molecule has 1 unspecified atom stereocenters. The molecule has 0 aliphatic heterocycles. The van der Waals surface area contributed by atoms with Crippen LogP contribution in [0.1, 0.15) is 60.3 Å². The summed E-state index contributed by atoms with van der Waals surface area (Å²) in [5.41, 5.74) is -0.957.